The molecule has 0 atom stereocenters. The van der Waals surface area contributed by atoms with Crippen LogP contribution in [0.25, 0.3) is 10.6 Å². The lowest BCUT2D eigenvalue weighted by Crippen LogP contribution is -2.30. The third-order valence-electron chi connectivity index (χ3n) is 2.92. The number of hydrogen-bond acceptors (Lipinski definition) is 3. The van der Waals surface area contributed by atoms with E-state index in [9.17, 15) is 0 Å². The van der Waals surface area contributed by atoms with Crippen molar-refractivity contribution in [1.82, 2.24) is 10.3 Å². The number of hydrogen-bond donors (Lipinski definition) is 1. The molecule has 2 aromatic rings. The van der Waals surface area contributed by atoms with Crippen LogP contribution in [0.5, 0.6) is 0 Å². The summed E-state index contributed by atoms with van der Waals surface area (Å²) in [7, 11) is 1.98. The lowest BCUT2D eigenvalue weighted by molar-refractivity contribution is 0.483. The lowest BCUT2D eigenvalue weighted by Gasteiger charge is -2.21. The highest BCUT2D eigenvalue weighted by Crippen LogP contribution is 2.33. The number of nitrogens with zero attached hydrogens (tertiary/aromatic N) is 1. The van der Waals surface area contributed by atoms with Crippen molar-refractivity contribution in [3.05, 3.63) is 39.8 Å². The van der Waals surface area contributed by atoms with Crippen LogP contribution in [0, 0.1) is 0 Å². The van der Waals surface area contributed by atoms with Crippen molar-refractivity contribution in [2.75, 3.05) is 13.6 Å². The first-order chi connectivity index (χ1) is 8.54. The second-order valence-corrected chi connectivity index (χ2v) is 6.64. The zero-order chi connectivity index (χ0) is 13.2. The number of halogens is 1. The first kappa shape index (κ1) is 13.7. The zero-order valence-corrected chi connectivity index (χ0v) is 13.2. The van der Waals surface area contributed by atoms with Gasteiger partial charge in [0.1, 0.15) is 5.01 Å². The van der Waals surface area contributed by atoms with Gasteiger partial charge in [0.2, 0.25) is 0 Å². The molecule has 0 radical (unpaired) electrons. The molecule has 4 heteroatoms. The van der Waals surface area contributed by atoms with Crippen molar-refractivity contribution < 1.29 is 0 Å². The first-order valence-electron chi connectivity index (χ1n) is 5.90. The average Bonchev–Trinajstić information content (AvgIpc) is 2.79. The Labute approximate surface area is 121 Å². The van der Waals surface area contributed by atoms with E-state index in [0.717, 1.165) is 27.3 Å². The van der Waals surface area contributed by atoms with Gasteiger partial charge in [-0.3, -0.25) is 0 Å². The highest BCUT2D eigenvalue weighted by Gasteiger charge is 2.23. The summed E-state index contributed by atoms with van der Waals surface area (Å²) in [4.78, 5) is 4.78. The molecule has 1 aromatic carbocycles. The molecule has 0 saturated heterocycles. The molecule has 0 unspecified atom stereocenters. The van der Waals surface area contributed by atoms with Crippen LogP contribution in [0.4, 0.5) is 0 Å². The van der Waals surface area contributed by atoms with Crippen molar-refractivity contribution in [2.45, 2.75) is 19.3 Å². The van der Waals surface area contributed by atoms with E-state index in [0.29, 0.717) is 0 Å². The van der Waals surface area contributed by atoms with Crippen molar-refractivity contribution in [1.29, 1.82) is 0 Å². The molecule has 0 spiro atoms. The number of aromatic nitrogens is 1. The molecule has 0 aliphatic rings. The van der Waals surface area contributed by atoms with Crippen LogP contribution in [0.1, 0.15) is 19.5 Å². The van der Waals surface area contributed by atoms with Crippen LogP contribution in [0.15, 0.2) is 34.1 Å². The molecular weight excluding hydrogens is 308 g/mol. The third-order valence-corrected chi connectivity index (χ3v) is 4.49. The Morgan fingerprint density at radius 1 is 1.33 bits per heavy atom. The van der Waals surface area contributed by atoms with Gasteiger partial charge < -0.3 is 5.32 Å². The minimum absolute atomic E-state index is 0.0603. The van der Waals surface area contributed by atoms with Crippen LogP contribution in [-0.4, -0.2) is 18.6 Å². The number of likely N-dealkylation sites (N-methyl/N-ethyl adjacent to an activating group) is 1. The van der Waals surface area contributed by atoms with E-state index < -0.39 is 0 Å². The first-order valence-corrected chi connectivity index (χ1v) is 7.57. The SMILES string of the molecule is CNCC(C)(C)c1csc(-c2ccccc2Br)n1. The monoisotopic (exact) mass is 324 g/mol. The molecule has 0 aliphatic carbocycles. The molecule has 0 aliphatic heterocycles. The third kappa shape index (κ3) is 2.82. The van der Waals surface area contributed by atoms with Crippen LogP contribution >= 0.6 is 27.3 Å². The number of nitrogens with one attached hydrogen (secondary N) is 1. The molecular formula is C14H17BrN2S. The van der Waals surface area contributed by atoms with E-state index in [2.05, 4.69) is 52.6 Å². The average molecular weight is 325 g/mol. The van der Waals surface area contributed by atoms with Crippen LogP contribution in [0.2, 0.25) is 0 Å². The van der Waals surface area contributed by atoms with Crippen molar-refractivity contribution in [2.24, 2.45) is 0 Å². The predicted octanol–water partition coefficient (Wildman–Crippen LogP) is 4.07. The highest BCUT2D eigenvalue weighted by molar-refractivity contribution is 9.10. The Bertz CT molecular complexity index is 534. The number of benzene rings is 1. The standard InChI is InChI=1S/C14H17BrN2S/c1-14(2,9-16-3)12-8-18-13(17-12)10-6-4-5-7-11(10)15/h4-8,16H,9H2,1-3H3. The van der Waals surface area contributed by atoms with Gasteiger partial charge in [0, 0.05) is 27.4 Å². The Morgan fingerprint density at radius 3 is 2.72 bits per heavy atom. The van der Waals surface area contributed by atoms with Gasteiger partial charge >= 0.3 is 0 Å². The molecule has 96 valence electrons. The van der Waals surface area contributed by atoms with E-state index in [1.807, 2.05) is 19.2 Å². The molecule has 18 heavy (non-hydrogen) atoms. The van der Waals surface area contributed by atoms with Crippen LogP contribution < -0.4 is 5.32 Å². The maximum atomic E-state index is 4.78. The Morgan fingerprint density at radius 2 is 2.06 bits per heavy atom. The zero-order valence-electron chi connectivity index (χ0n) is 10.8. The van der Waals surface area contributed by atoms with E-state index in [1.54, 1.807) is 11.3 Å². The predicted molar refractivity (Wildman–Crippen MR) is 82.2 cm³/mol. The fourth-order valence-corrected chi connectivity index (χ4v) is 3.53. The summed E-state index contributed by atoms with van der Waals surface area (Å²) in [6, 6.07) is 8.21. The van der Waals surface area contributed by atoms with Gasteiger partial charge in [-0.05, 0) is 13.1 Å². The second kappa shape index (κ2) is 5.51. The number of rotatable bonds is 4. The fraction of sp³-hybridized carbons (Fsp3) is 0.357. The normalized spacial score (nSPS) is 11.8. The Kier molecular flexibility index (Phi) is 4.20. The minimum atomic E-state index is 0.0603. The Hall–Kier alpha value is -0.710. The van der Waals surface area contributed by atoms with E-state index in [1.165, 1.54) is 0 Å². The van der Waals surface area contributed by atoms with Crippen molar-refractivity contribution in [3.8, 4) is 10.6 Å². The van der Waals surface area contributed by atoms with Gasteiger partial charge in [-0.15, -0.1) is 11.3 Å². The van der Waals surface area contributed by atoms with Gasteiger partial charge in [-0.2, -0.15) is 0 Å². The van der Waals surface area contributed by atoms with Gasteiger partial charge in [-0.1, -0.05) is 48.0 Å². The molecule has 1 aromatic heterocycles. The van der Waals surface area contributed by atoms with Crippen LogP contribution in [0.3, 0.4) is 0 Å². The lowest BCUT2D eigenvalue weighted by atomic mass is 9.90. The number of thiazole rings is 1. The summed E-state index contributed by atoms with van der Waals surface area (Å²) in [5.74, 6) is 0. The molecule has 1 heterocycles. The summed E-state index contributed by atoms with van der Waals surface area (Å²) in [6.07, 6.45) is 0. The van der Waals surface area contributed by atoms with Gasteiger partial charge in [0.25, 0.3) is 0 Å². The van der Waals surface area contributed by atoms with Gasteiger partial charge in [0.05, 0.1) is 5.69 Å². The van der Waals surface area contributed by atoms with Gasteiger partial charge in [-0.25, -0.2) is 4.98 Å². The molecule has 0 fully saturated rings. The summed E-state index contributed by atoms with van der Waals surface area (Å²) in [5.41, 5.74) is 2.37. The summed E-state index contributed by atoms with van der Waals surface area (Å²) < 4.78 is 1.09. The maximum absolute atomic E-state index is 4.78. The smallest absolute Gasteiger partial charge is 0.124 e. The van der Waals surface area contributed by atoms with E-state index >= 15 is 0 Å². The Balaban J connectivity index is 2.34. The highest BCUT2D eigenvalue weighted by atomic mass is 79.9. The minimum Gasteiger partial charge on any atom is -0.319 e. The molecule has 2 rings (SSSR count). The quantitative estimate of drug-likeness (QED) is 0.917. The van der Waals surface area contributed by atoms with Crippen molar-refractivity contribution in [3.63, 3.8) is 0 Å². The molecule has 1 N–H and O–H groups in total. The fourth-order valence-electron chi connectivity index (χ4n) is 1.88. The van der Waals surface area contributed by atoms with Crippen LogP contribution in [-0.2, 0) is 5.41 Å². The maximum Gasteiger partial charge on any atom is 0.124 e. The summed E-state index contributed by atoms with van der Waals surface area (Å²) in [6.45, 7) is 5.34. The van der Waals surface area contributed by atoms with E-state index in [-0.39, 0.29) is 5.41 Å². The molecule has 2 nitrogen and oxygen atoms in total. The largest absolute Gasteiger partial charge is 0.319 e. The molecule has 0 bridgehead atoms. The van der Waals surface area contributed by atoms with E-state index in [4.69, 9.17) is 4.98 Å². The molecule has 0 saturated carbocycles. The van der Waals surface area contributed by atoms with Gasteiger partial charge in [0.15, 0.2) is 0 Å². The molecule has 0 amide bonds. The second-order valence-electron chi connectivity index (χ2n) is 4.93. The topological polar surface area (TPSA) is 24.9 Å². The summed E-state index contributed by atoms with van der Waals surface area (Å²) in [5, 5.41) is 6.45. The van der Waals surface area contributed by atoms with Crippen molar-refractivity contribution >= 4 is 27.3 Å². The summed E-state index contributed by atoms with van der Waals surface area (Å²) >= 11 is 5.28.